The SMILES string of the molecule is CCCCCCCCCC(CC(CC)CCCC)OC(=O)CCCCC(=O)O. The Morgan fingerprint density at radius 3 is 1.96 bits per heavy atom. The fourth-order valence-corrected chi connectivity index (χ4v) is 3.70. The van der Waals surface area contributed by atoms with Crippen LogP contribution in [0.5, 0.6) is 0 Å². The van der Waals surface area contributed by atoms with E-state index in [1.54, 1.807) is 0 Å². The summed E-state index contributed by atoms with van der Waals surface area (Å²) in [5.74, 6) is -0.315. The van der Waals surface area contributed by atoms with Crippen molar-refractivity contribution in [2.45, 2.75) is 136 Å². The van der Waals surface area contributed by atoms with Crippen LogP contribution < -0.4 is 0 Å². The summed E-state index contributed by atoms with van der Waals surface area (Å²) in [5.41, 5.74) is 0. The number of carboxylic acid groups (broad SMARTS) is 1. The van der Waals surface area contributed by atoms with Gasteiger partial charge in [0, 0.05) is 12.8 Å². The number of hydrogen-bond donors (Lipinski definition) is 1. The average molecular weight is 399 g/mol. The summed E-state index contributed by atoms with van der Waals surface area (Å²) in [5, 5.41) is 8.69. The highest BCUT2D eigenvalue weighted by Crippen LogP contribution is 2.24. The molecule has 0 aliphatic heterocycles. The van der Waals surface area contributed by atoms with Crippen LogP contribution in [0.3, 0.4) is 0 Å². The summed E-state index contributed by atoms with van der Waals surface area (Å²) in [6.07, 6.45) is 17.3. The Labute approximate surface area is 173 Å². The monoisotopic (exact) mass is 398 g/mol. The number of esters is 1. The van der Waals surface area contributed by atoms with E-state index in [0.717, 1.165) is 25.7 Å². The van der Waals surface area contributed by atoms with Crippen LogP contribution in [0.25, 0.3) is 0 Å². The van der Waals surface area contributed by atoms with E-state index in [4.69, 9.17) is 9.84 Å². The van der Waals surface area contributed by atoms with Gasteiger partial charge in [-0.2, -0.15) is 0 Å². The first-order chi connectivity index (χ1) is 13.5. The van der Waals surface area contributed by atoms with Crippen molar-refractivity contribution < 1.29 is 19.4 Å². The highest BCUT2D eigenvalue weighted by molar-refractivity contribution is 5.70. The zero-order valence-electron chi connectivity index (χ0n) is 18.8. The molecule has 0 aliphatic carbocycles. The van der Waals surface area contributed by atoms with E-state index >= 15 is 0 Å². The molecular formula is C24H46O4. The Morgan fingerprint density at radius 2 is 1.36 bits per heavy atom. The molecule has 0 radical (unpaired) electrons. The molecule has 0 heterocycles. The third kappa shape index (κ3) is 17.1. The van der Waals surface area contributed by atoms with Gasteiger partial charge in [0.25, 0.3) is 0 Å². The molecule has 4 nitrogen and oxygen atoms in total. The second-order valence-electron chi connectivity index (χ2n) is 8.27. The normalized spacial score (nSPS) is 13.2. The summed E-state index contributed by atoms with van der Waals surface area (Å²) < 4.78 is 5.83. The molecule has 0 aromatic heterocycles. The lowest BCUT2D eigenvalue weighted by Crippen LogP contribution is -2.22. The predicted molar refractivity (Wildman–Crippen MR) is 117 cm³/mol. The maximum Gasteiger partial charge on any atom is 0.306 e. The smallest absolute Gasteiger partial charge is 0.306 e. The first kappa shape index (κ1) is 26.9. The zero-order chi connectivity index (χ0) is 21.0. The minimum absolute atomic E-state index is 0.0319. The van der Waals surface area contributed by atoms with Crippen LogP contribution >= 0.6 is 0 Å². The van der Waals surface area contributed by atoms with Crippen molar-refractivity contribution in [3.8, 4) is 0 Å². The molecule has 0 aliphatic rings. The quantitative estimate of drug-likeness (QED) is 0.173. The molecule has 0 saturated heterocycles. The Morgan fingerprint density at radius 1 is 0.750 bits per heavy atom. The molecule has 0 bridgehead atoms. The van der Waals surface area contributed by atoms with Gasteiger partial charge in [0.2, 0.25) is 0 Å². The van der Waals surface area contributed by atoms with Gasteiger partial charge in [-0.1, -0.05) is 85.0 Å². The summed E-state index contributed by atoms with van der Waals surface area (Å²) in [6.45, 7) is 6.70. The fourth-order valence-electron chi connectivity index (χ4n) is 3.70. The summed E-state index contributed by atoms with van der Waals surface area (Å²) >= 11 is 0. The van der Waals surface area contributed by atoms with Crippen molar-refractivity contribution >= 4 is 11.9 Å². The molecule has 0 rings (SSSR count). The van der Waals surface area contributed by atoms with E-state index in [0.29, 0.717) is 25.2 Å². The second-order valence-corrected chi connectivity index (χ2v) is 8.27. The number of hydrogen-bond acceptors (Lipinski definition) is 3. The first-order valence-electron chi connectivity index (χ1n) is 11.9. The maximum atomic E-state index is 12.2. The molecule has 2 atom stereocenters. The van der Waals surface area contributed by atoms with Crippen molar-refractivity contribution in [3.05, 3.63) is 0 Å². The van der Waals surface area contributed by atoms with Crippen LogP contribution in [-0.2, 0) is 14.3 Å². The Balaban J connectivity index is 4.32. The average Bonchev–Trinajstić information content (AvgIpc) is 2.67. The lowest BCUT2D eigenvalue weighted by atomic mass is 9.91. The van der Waals surface area contributed by atoms with Gasteiger partial charge in [0.1, 0.15) is 6.10 Å². The van der Waals surface area contributed by atoms with E-state index in [9.17, 15) is 9.59 Å². The number of carboxylic acids is 1. The van der Waals surface area contributed by atoms with Crippen LogP contribution in [0.1, 0.15) is 130 Å². The molecule has 2 unspecified atom stereocenters. The third-order valence-electron chi connectivity index (χ3n) is 5.59. The van der Waals surface area contributed by atoms with Crippen LogP contribution in [0.15, 0.2) is 0 Å². The van der Waals surface area contributed by atoms with E-state index in [-0.39, 0.29) is 18.5 Å². The van der Waals surface area contributed by atoms with E-state index in [2.05, 4.69) is 20.8 Å². The molecule has 166 valence electrons. The summed E-state index contributed by atoms with van der Waals surface area (Å²) in [7, 11) is 0. The van der Waals surface area contributed by atoms with E-state index in [1.807, 2.05) is 0 Å². The minimum atomic E-state index is -0.799. The lowest BCUT2D eigenvalue weighted by molar-refractivity contribution is -0.150. The van der Waals surface area contributed by atoms with Gasteiger partial charge in [-0.25, -0.2) is 0 Å². The van der Waals surface area contributed by atoms with Crippen LogP contribution in [0.4, 0.5) is 0 Å². The van der Waals surface area contributed by atoms with Crippen LogP contribution in [-0.4, -0.2) is 23.1 Å². The van der Waals surface area contributed by atoms with Crippen molar-refractivity contribution in [2.75, 3.05) is 0 Å². The van der Waals surface area contributed by atoms with Crippen molar-refractivity contribution in [1.82, 2.24) is 0 Å². The molecular weight excluding hydrogens is 352 g/mol. The number of aliphatic carboxylic acids is 1. The molecule has 0 aromatic carbocycles. The molecule has 1 N–H and O–H groups in total. The molecule has 0 amide bonds. The maximum absolute atomic E-state index is 12.2. The molecule has 0 fully saturated rings. The largest absolute Gasteiger partial charge is 0.481 e. The Hall–Kier alpha value is -1.06. The van der Waals surface area contributed by atoms with Gasteiger partial charge < -0.3 is 9.84 Å². The number of rotatable bonds is 20. The van der Waals surface area contributed by atoms with E-state index in [1.165, 1.54) is 57.8 Å². The van der Waals surface area contributed by atoms with Gasteiger partial charge in [-0.05, 0) is 38.0 Å². The summed E-state index contributed by atoms with van der Waals surface area (Å²) in [4.78, 5) is 22.8. The summed E-state index contributed by atoms with van der Waals surface area (Å²) in [6, 6.07) is 0. The van der Waals surface area contributed by atoms with Gasteiger partial charge >= 0.3 is 11.9 Å². The lowest BCUT2D eigenvalue weighted by Gasteiger charge is -2.23. The second kappa shape index (κ2) is 19.3. The molecule has 4 heteroatoms. The predicted octanol–water partition coefficient (Wildman–Crippen LogP) is 7.29. The zero-order valence-corrected chi connectivity index (χ0v) is 18.8. The number of unbranched alkanes of at least 4 members (excludes halogenated alkanes) is 8. The minimum Gasteiger partial charge on any atom is -0.481 e. The standard InChI is InChI=1S/C24H46O4/c1-4-7-9-10-11-12-13-17-22(20-21(6-3)16-8-5-2)28-24(27)19-15-14-18-23(25)26/h21-22H,4-20H2,1-3H3,(H,25,26). The van der Waals surface area contributed by atoms with Gasteiger partial charge in [0.05, 0.1) is 0 Å². The number of carbonyl (C=O) groups excluding carboxylic acids is 1. The van der Waals surface area contributed by atoms with Gasteiger partial charge in [0.15, 0.2) is 0 Å². The van der Waals surface area contributed by atoms with Crippen LogP contribution in [0, 0.1) is 5.92 Å². The third-order valence-corrected chi connectivity index (χ3v) is 5.59. The van der Waals surface area contributed by atoms with Crippen molar-refractivity contribution in [2.24, 2.45) is 5.92 Å². The van der Waals surface area contributed by atoms with Gasteiger partial charge in [-0.15, -0.1) is 0 Å². The van der Waals surface area contributed by atoms with Crippen molar-refractivity contribution in [1.29, 1.82) is 0 Å². The molecule has 0 spiro atoms. The molecule has 0 saturated carbocycles. The Bertz CT molecular complexity index is 381. The van der Waals surface area contributed by atoms with Crippen molar-refractivity contribution in [3.63, 3.8) is 0 Å². The Kier molecular flexibility index (Phi) is 18.5. The number of ether oxygens (including phenoxy) is 1. The topological polar surface area (TPSA) is 63.6 Å². The van der Waals surface area contributed by atoms with E-state index < -0.39 is 5.97 Å². The number of carbonyl (C=O) groups is 2. The first-order valence-corrected chi connectivity index (χ1v) is 11.9. The highest BCUT2D eigenvalue weighted by Gasteiger charge is 2.19. The molecule has 0 aromatic rings. The van der Waals surface area contributed by atoms with Gasteiger partial charge in [-0.3, -0.25) is 9.59 Å². The van der Waals surface area contributed by atoms with Crippen LogP contribution in [0.2, 0.25) is 0 Å². The molecule has 28 heavy (non-hydrogen) atoms. The fraction of sp³-hybridized carbons (Fsp3) is 0.917. The highest BCUT2D eigenvalue weighted by atomic mass is 16.5.